The summed E-state index contributed by atoms with van der Waals surface area (Å²) >= 11 is 1.56. The quantitative estimate of drug-likeness (QED) is 0.794. The number of rotatable bonds is 3. The Morgan fingerprint density at radius 3 is 3.16 bits per heavy atom. The van der Waals surface area contributed by atoms with E-state index in [-0.39, 0.29) is 0 Å². The second kappa shape index (κ2) is 4.84. The van der Waals surface area contributed by atoms with Crippen LogP contribution < -0.4 is 0 Å². The van der Waals surface area contributed by atoms with Crippen molar-refractivity contribution < 1.29 is 5.11 Å². The first-order chi connectivity index (χ1) is 9.26. The molecule has 2 heterocycles. The van der Waals surface area contributed by atoms with Crippen molar-refractivity contribution in [3.05, 3.63) is 58.9 Å². The van der Waals surface area contributed by atoms with Crippen molar-refractivity contribution in [2.45, 2.75) is 12.5 Å². The molecule has 0 fully saturated rings. The average Bonchev–Trinajstić information content (AvgIpc) is 2.99. The van der Waals surface area contributed by atoms with E-state index in [0.717, 1.165) is 16.2 Å². The molecule has 1 N–H and O–H groups in total. The predicted octanol–water partition coefficient (Wildman–Crippen LogP) is 2.54. The molecule has 0 amide bonds. The van der Waals surface area contributed by atoms with Gasteiger partial charge in [-0.1, -0.05) is 12.1 Å². The summed E-state index contributed by atoms with van der Waals surface area (Å²) in [5.41, 5.74) is 2.15. The Morgan fingerprint density at radius 2 is 2.37 bits per heavy atom. The number of aliphatic hydroxyl groups excluding tert-OH is 1. The van der Waals surface area contributed by atoms with Crippen molar-refractivity contribution in [1.29, 1.82) is 5.26 Å². The Morgan fingerprint density at radius 1 is 1.47 bits per heavy atom. The first-order valence-corrected chi connectivity index (χ1v) is 6.73. The first kappa shape index (κ1) is 11.9. The lowest BCUT2D eigenvalue weighted by Crippen LogP contribution is -2.02. The lowest BCUT2D eigenvalue weighted by atomic mass is 10.0. The summed E-state index contributed by atoms with van der Waals surface area (Å²) in [5.74, 6) is 0. The van der Waals surface area contributed by atoms with Crippen molar-refractivity contribution in [2.75, 3.05) is 0 Å². The highest BCUT2D eigenvalue weighted by molar-refractivity contribution is 7.15. The molecule has 3 rings (SSSR count). The molecule has 1 aromatic carbocycles. The Balaban J connectivity index is 1.82. The fourth-order valence-corrected chi connectivity index (χ4v) is 2.72. The minimum absolute atomic E-state index is 0.448. The van der Waals surface area contributed by atoms with Gasteiger partial charge in [0.05, 0.1) is 23.4 Å². The summed E-state index contributed by atoms with van der Waals surface area (Å²) in [6.45, 7) is 0. The minimum Gasteiger partial charge on any atom is -0.388 e. The van der Waals surface area contributed by atoms with Crippen molar-refractivity contribution in [1.82, 2.24) is 9.38 Å². The Kier molecular flexibility index (Phi) is 3.03. The summed E-state index contributed by atoms with van der Waals surface area (Å²) < 4.78 is 1.94. The number of thiazole rings is 1. The molecule has 0 aliphatic rings. The highest BCUT2D eigenvalue weighted by Gasteiger charge is 2.12. The summed E-state index contributed by atoms with van der Waals surface area (Å²) in [5, 5.41) is 21.0. The Hall–Kier alpha value is -2.16. The number of aromatic nitrogens is 2. The number of nitrogens with zero attached hydrogens (tertiary/aromatic N) is 3. The van der Waals surface area contributed by atoms with Crippen LogP contribution >= 0.6 is 11.3 Å². The maximum absolute atomic E-state index is 10.2. The third-order valence-corrected chi connectivity index (χ3v) is 3.72. The lowest BCUT2D eigenvalue weighted by molar-refractivity contribution is 0.177. The van der Waals surface area contributed by atoms with E-state index < -0.39 is 6.10 Å². The molecule has 5 heteroatoms. The number of hydrogen-bond acceptors (Lipinski definition) is 4. The van der Waals surface area contributed by atoms with Crippen LogP contribution in [0.3, 0.4) is 0 Å². The zero-order valence-electron chi connectivity index (χ0n) is 10.0. The van der Waals surface area contributed by atoms with Crippen LogP contribution in [0.25, 0.3) is 4.96 Å². The third-order valence-electron chi connectivity index (χ3n) is 2.95. The molecule has 4 nitrogen and oxygen atoms in total. The van der Waals surface area contributed by atoms with E-state index in [1.165, 1.54) is 0 Å². The van der Waals surface area contributed by atoms with Gasteiger partial charge in [0.15, 0.2) is 4.96 Å². The van der Waals surface area contributed by atoms with Gasteiger partial charge in [-0.25, -0.2) is 4.98 Å². The minimum atomic E-state index is -0.641. The van der Waals surface area contributed by atoms with Crippen LogP contribution in [0.15, 0.2) is 42.0 Å². The van der Waals surface area contributed by atoms with Crippen molar-refractivity contribution in [3.63, 3.8) is 0 Å². The van der Waals surface area contributed by atoms with E-state index in [0.29, 0.717) is 12.0 Å². The Labute approximate surface area is 114 Å². The molecule has 0 aliphatic heterocycles. The van der Waals surface area contributed by atoms with E-state index in [1.54, 1.807) is 29.5 Å². The molecule has 0 spiro atoms. The van der Waals surface area contributed by atoms with Gasteiger partial charge in [0.2, 0.25) is 0 Å². The predicted molar refractivity (Wildman–Crippen MR) is 72.9 cm³/mol. The van der Waals surface area contributed by atoms with Crippen LogP contribution in [0.1, 0.15) is 22.9 Å². The van der Waals surface area contributed by atoms with Gasteiger partial charge in [-0.15, -0.1) is 11.3 Å². The second-order valence-electron chi connectivity index (χ2n) is 4.28. The van der Waals surface area contributed by atoms with E-state index in [9.17, 15) is 5.11 Å². The summed E-state index contributed by atoms with van der Waals surface area (Å²) in [4.78, 5) is 5.36. The van der Waals surface area contributed by atoms with Crippen LogP contribution in [0.2, 0.25) is 0 Å². The Bertz CT molecular complexity index is 725. The van der Waals surface area contributed by atoms with Gasteiger partial charge in [0, 0.05) is 24.2 Å². The standard InChI is InChI=1S/C14H11N3OS/c15-8-10-2-1-3-11(6-10)13(18)7-12-9-17-4-5-19-14(17)16-12/h1-6,9,13,18H,7H2. The third kappa shape index (κ3) is 2.36. The molecular formula is C14H11N3OS. The molecule has 2 aromatic heterocycles. The van der Waals surface area contributed by atoms with Crippen molar-refractivity contribution in [3.8, 4) is 6.07 Å². The fourth-order valence-electron chi connectivity index (χ4n) is 2.01. The normalized spacial score (nSPS) is 12.4. The van der Waals surface area contributed by atoms with Gasteiger partial charge < -0.3 is 5.11 Å². The average molecular weight is 269 g/mol. The molecule has 0 aliphatic carbocycles. The fraction of sp³-hybridized carbons (Fsp3) is 0.143. The molecule has 19 heavy (non-hydrogen) atoms. The van der Waals surface area contributed by atoms with Crippen LogP contribution in [0, 0.1) is 11.3 Å². The van der Waals surface area contributed by atoms with Gasteiger partial charge in [-0.2, -0.15) is 5.26 Å². The zero-order chi connectivity index (χ0) is 13.2. The summed E-state index contributed by atoms with van der Waals surface area (Å²) in [7, 11) is 0. The van der Waals surface area contributed by atoms with Crippen LogP contribution in [0.5, 0.6) is 0 Å². The number of hydrogen-bond donors (Lipinski definition) is 1. The molecule has 0 bridgehead atoms. The van der Waals surface area contributed by atoms with E-state index in [2.05, 4.69) is 11.1 Å². The molecule has 3 aromatic rings. The smallest absolute Gasteiger partial charge is 0.193 e. The van der Waals surface area contributed by atoms with Gasteiger partial charge in [-0.3, -0.25) is 4.40 Å². The van der Waals surface area contributed by atoms with Crippen LogP contribution in [-0.4, -0.2) is 14.5 Å². The number of fused-ring (bicyclic) bond motifs is 1. The number of imidazole rings is 1. The summed E-state index contributed by atoms with van der Waals surface area (Å²) in [6.07, 6.45) is 3.67. The van der Waals surface area contributed by atoms with E-state index >= 15 is 0 Å². The molecule has 94 valence electrons. The van der Waals surface area contributed by atoms with E-state index in [4.69, 9.17) is 5.26 Å². The number of aliphatic hydroxyl groups is 1. The molecular weight excluding hydrogens is 258 g/mol. The highest BCUT2D eigenvalue weighted by Crippen LogP contribution is 2.20. The summed E-state index contributed by atoms with van der Waals surface area (Å²) in [6, 6.07) is 9.11. The number of benzene rings is 1. The molecule has 0 saturated heterocycles. The lowest BCUT2D eigenvalue weighted by Gasteiger charge is -2.09. The van der Waals surface area contributed by atoms with Crippen molar-refractivity contribution >= 4 is 16.3 Å². The van der Waals surface area contributed by atoms with Gasteiger partial charge in [0.25, 0.3) is 0 Å². The van der Waals surface area contributed by atoms with Gasteiger partial charge in [-0.05, 0) is 17.7 Å². The van der Waals surface area contributed by atoms with Gasteiger partial charge >= 0.3 is 0 Å². The van der Waals surface area contributed by atoms with Crippen LogP contribution in [0.4, 0.5) is 0 Å². The zero-order valence-corrected chi connectivity index (χ0v) is 10.8. The second-order valence-corrected chi connectivity index (χ2v) is 5.16. The molecule has 1 unspecified atom stereocenters. The van der Waals surface area contributed by atoms with Crippen molar-refractivity contribution in [2.24, 2.45) is 0 Å². The van der Waals surface area contributed by atoms with Gasteiger partial charge in [0.1, 0.15) is 0 Å². The largest absolute Gasteiger partial charge is 0.388 e. The first-order valence-electron chi connectivity index (χ1n) is 5.85. The SMILES string of the molecule is N#Cc1cccc(C(O)Cc2cn3ccsc3n2)c1. The molecule has 0 radical (unpaired) electrons. The maximum atomic E-state index is 10.2. The monoisotopic (exact) mass is 269 g/mol. The maximum Gasteiger partial charge on any atom is 0.193 e. The molecule has 0 saturated carbocycles. The van der Waals surface area contributed by atoms with E-state index in [1.807, 2.05) is 28.2 Å². The topological polar surface area (TPSA) is 61.3 Å². The number of nitriles is 1. The highest BCUT2D eigenvalue weighted by atomic mass is 32.1. The molecule has 1 atom stereocenters. The van der Waals surface area contributed by atoms with Crippen LogP contribution in [-0.2, 0) is 6.42 Å².